The quantitative estimate of drug-likeness (QED) is 0.471. The molecule has 0 fully saturated rings. The van der Waals surface area contributed by atoms with E-state index in [2.05, 4.69) is 37.5 Å². The van der Waals surface area contributed by atoms with E-state index in [-0.39, 0.29) is 0 Å². The summed E-state index contributed by atoms with van der Waals surface area (Å²) in [6.07, 6.45) is 5.60. The van der Waals surface area contributed by atoms with Crippen molar-refractivity contribution < 1.29 is 0 Å². The predicted octanol–water partition coefficient (Wildman–Crippen LogP) is 1.44. The molecule has 0 aliphatic carbocycles. The first-order chi connectivity index (χ1) is 6.20. The van der Waals surface area contributed by atoms with Crippen LogP contribution in [0.2, 0.25) is 0 Å². The lowest BCUT2D eigenvalue weighted by atomic mass is 10.2. The molecule has 0 radical (unpaired) electrons. The molecule has 1 N–H and O–H groups in total. The maximum Gasteiger partial charge on any atom is 0.0205 e. The minimum atomic E-state index is 0.864. The van der Waals surface area contributed by atoms with Crippen molar-refractivity contribution in [3.8, 4) is 0 Å². The van der Waals surface area contributed by atoms with Gasteiger partial charge in [-0.2, -0.15) is 0 Å². The summed E-state index contributed by atoms with van der Waals surface area (Å²) in [5.74, 6) is 0. The molecule has 0 rings (SSSR count). The molecule has 0 saturated heterocycles. The van der Waals surface area contributed by atoms with Gasteiger partial charge in [0.2, 0.25) is 0 Å². The second kappa shape index (κ2) is 7.77. The lowest BCUT2D eigenvalue weighted by molar-refractivity contribution is 0.404. The van der Waals surface area contributed by atoms with Gasteiger partial charge < -0.3 is 10.2 Å². The highest BCUT2D eigenvalue weighted by Crippen LogP contribution is 1.92. The normalized spacial score (nSPS) is 11.8. The van der Waals surface area contributed by atoms with Gasteiger partial charge in [-0.05, 0) is 19.7 Å². The minimum Gasteiger partial charge on any atom is -0.311 e. The molecule has 0 bridgehead atoms. The third-order valence-electron chi connectivity index (χ3n) is 1.66. The largest absolute Gasteiger partial charge is 0.311 e. The lowest BCUT2D eigenvalue weighted by Crippen LogP contribution is -2.27. The van der Waals surface area contributed by atoms with Gasteiger partial charge in [-0.25, -0.2) is 0 Å². The second-order valence-corrected chi connectivity index (χ2v) is 3.16. The Morgan fingerprint density at radius 2 is 2.08 bits per heavy atom. The first-order valence-corrected chi connectivity index (χ1v) is 4.50. The van der Waals surface area contributed by atoms with Gasteiger partial charge in [-0.3, -0.25) is 0 Å². The fraction of sp³-hybridized carbons (Fsp3) is 0.455. The molecule has 0 spiro atoms. The van der Waals surface area contributed by atoms with Crippen molar-refractivity contribution in [3.05, 3.63) is 37.0 Å². The van der Waals surface area contributed by atoms with Crippen molar-refractivity contribution in [2.24, 2.45) is 0 Å². The van der Waals surface area contributed by atoms with Crippen molar-refractivity contribution in [1.82, 2.24) is 10.2 Å². The number of hydrogen-bond donors (Lipinski definition) is 1. The summed E-state index contributed by atoms with van der Waals surface area (Å²) in [5.41, 5.74) is 1.17. The molecule has 0 aliphatic rings. The van der Waals surface area contributed by atoms with Gasteiger partial charge in [-0.15, -0.1) is 0 Å². The maximum atomic E-state index is 3.73. The average molecular weight is 180 g/mol. The Morgan fingerprint density at radius 3 is 2.54 bits per heavy atom. The summed E-state index contributed by atoms with van der Waals surface area (Å²) in [5, 5.41) is 3.32. The van der Waals surface area contributed by atoms with Crippen LogP contribution in [0.25, 0.3) is 0 Å². The standard InChI is InChI=1S/C11H20N2/c1-5-7-11(6-2)10-12-8-9-13(3)4/h5-7,12H,1-2,8-10H2,3-4H3/b11-7+. The van der Waals surface area contributed by atoms with E-state index < -0.39 is 0 Å². The van der Waals surface area contributed by atoms with Crippen LogP contribution in [0.4, 0.5) is 0 Å². The second-order valence-electron chi connectivity index (χ2n) is 3.16. The number of hydrogen-bond acceptors (Lipinski definition) is 2. The molecule has 0 unspecified atom stereocenters. The van der Waals surface area contributed by atoms with Gasteiger partial charge in [0.15, 0.2) is 0 Å². The summed E-state index contributed by atoms with van der Waals surface area (Å²) in [7, 11) is 4.13. The Balaban J connectivity index is 3.56. The zero-order valence-electron chi connectivity index (χ0n) is 8.71. The fourth-order valence-electron chi connectivity index (χ4n) is 0.886. The van der Waals surface area contributed by atoms with E-state index in [0.717, 1.165) is 19.6 Å². The molecule has 0 aromatic heterocycles. The Labute approximate surface area is 81.6 Å². The summed E-state index contributed by atoms with van der Waals surface area (Å²) in [4.78, 5) is 2.15. The van der Waals surface area contributed by atoms with Gasteiger partial charge in [0.1, 0.15) is 0 Å². The number of likely N-dealkylation sites (N-methyl/N-ethyl adjacent to an activating group) is 1. The Morgan fingerprint density at radius 1 is 1.38 bits per heavy atom. The summed E-state index contributed by atoms with van der Waals surface area (Å²) in [6.45, 7) is 10.3. The number of allylic oxidation sites excluding steroid dienone is 2. The number of rotatable bonds is 7. The molecule has 0 atom stereocenters. The minimum absolute atomic E-state index is 0.864. The van der Waals surface area contributed by atoms with Crippen LogP contribution in [0, 0.1) is 0 Å². The van der Waals surface area contributed by atoms with Crippen LogP contribution in [0.15, 0.2) is 37.0 Å². The van der Waals surface area contributed by atoms with Gasteiger partial charge in [0.25, 0.3) is 0 Å². The zero-order chi connectivity index (χ0) is 10.1. The van der Waals surface area contributed by atoms with Crippen molar-refractivity contribution in [3.63, 3.8) is 0 Å². The van der Waals surface area contributed by atoms with Crippen LogP contribution in [0.1, 0.15) is 0 Å². The Bertz CT molecular complexity index is 181. The van der Waals surface area contributed by atoms with Crippen LogP contribution in [-0.4, -0.2) is 38.6 Å². The summed E-state index contributed by atoms with van der Waals surface area (Å²) >= 11 is 0. The van der Waals surface area contributed by atoms with E-state index in [0.29, 0.717) is 0 Å². The van der Waals surface area contributed by atoms with Crippen LogP contribution in [0.5, 0.6) is 0 Å². The predicted molar refractivity (Wildman–Crippen MR) is 59.9 cm³/mol. The molecular formula is C11H20N2. The average Bonchev–Trinajstić information content (AvgIpc) is 2.10. The van der Waals surface area contributed by atoms with Crippen LogP contribution >= 0.6 is 0 Å². The monoisotopic (exact) mass is 180 g/mol. The van der Waals surface area contributed by atoms with Crippen LogP contribution in [-0.2, 0) is 0 Å². The van der Waals surface area contributed by atoms with E-state index in [1.807, 2.05) is 12.2 Å². The van der Waals surface area contributed by atoms with Crippen molar-refractivity contribution >= 4 is 0 Å². The number of nitrogens with zero attached hydrogens (tertiary/aromatic N) is 1. The molecule has 13 heavy (non-hydrogen) atoms. The zero-order valence-corrected chi connectivity index (χ0v) is 8.71. The van der Waals surface area contributed by atoms with E-state index in [9.17, 15) is 0 Å². The Hall–Kier alpha value is -0.860. The van der Waals surface area contributed by atoms with Gasteiger partial charge in [-0.1, -0.05) is 31.4 Å². The molecule has 0 aromatic rings. The molecule has 2 heteroatoms. The summed E-state index contributed by atoms with van der Waals surface area (Å²) < 4.78 is 0. The third kappa shape index (κ3) is 7.50. The molecule has 0 aromatic carbocycles. The van der Waals surface area contributed by atoms with Crippen LogP contribution < -0.4 is 5.32 Å². The van der Waals surface area contributed by atoms with E-state index in [4.69, 9.17) is 0 Å². The van der Waals surface area contributed by atoms with Gasteiger partial charge in [0.05, 0.1) is 0 Å². The maximum absolute atomic E-state index is 3.73. The third-order valence-corrected chi connectivity index (χ3v) is 1.66. The Kier molecular flexibility index (Phi) is 7.26. The highest BCUT2D eigenvalue weighted by atomic mass is 15.1. The highest BCUT2D eigenvalue weighted by Gasteiger charge is 1.91. The van der Waals surface area contributed by atoms with Crippen molar-refractivity contribution in [2.75, 3.05) is 33.7 Å². The first kappa shape index (κ1) is 12.1. The molecule has 0 aliphatic heterocycles. The van der Waals surface area contributed by atoms with Crippen molar-refractivity contribution in [1.29, 1.82) is 0 Å². The molecular weight excluding hydrogens is 160 g/mol. The smallest absolute Gasteiger partial charge is 0.0205 e. The molecule has 0 heterocycles. The van der Waals surface area contributed by atoms with Crippen LogP contribution in [0.3, 0.4) is 0 Å². The first-order valence-electron chi connectivity index (χ1n) is 4.50. The highest BCUT2D eigenvalue weighted by molar-refractivity contribution is 5.22. The van der Waals surface area contributed by atoms with E-state index in [1.165, 1.54) is 5.57 Å². The van der Waals surface area contributed by atoms with E-state index in [1.54, 1.807) is 6.08 Å². The molecule has 0 amide bonds. The molecule has 2 nitrogen and oxygen atoms in total. The summed E-state index contributed by atoms with van der Waals surface area (Å²) in [6, 6.07) is 0. The van der Waals surface area contributed by atoms with Crippen molar-refractivity contribution in [2.45, 2.75) is 0 Å². The topological polar surface area (TPSA) is 15.3 Å². The van der Waals surface area contributed by atoms with Gasteiger partial charge in [0, 0.05) is 19.6 Å². The van der Waals surface area contributed by atoms with E-state index >= 15 is 0 Å². The molecule has 0 saturated carbocycles. The SMILES string of the molecule is C=C/C=C(\C=C)CNCCN(C)C. The molecule has 74 valence electrons. The fourth-order valence-corrected chi connectivity index (χ4v) is 0.886. The lowest BCUT2D eigenvalue weighted by Gasteiger charge is -2.10. The van der Waals surface area contributed by atoms with Gasteiger partial charge >= 0.3 is 0 Å². The number of nitrogens with one attached hydrogen (secondary N) is 1.